The predicted octanol–water partition coefficient (Wildman–Crippen LogP) is 5.39. The minimum atomic E-state index is -0.637. The highest BCUT2D eigenvalue weighted by atomic mass is 32.2. The van der Waals surface area contributed by atoms with Gasteiger partial charge in [-0.25, -0.2) is 9.78 Å². The second-order valence-electron chi connectivity index (χ2n) is 7.19. The fourth-order valence-corrected chi connectivity index (χ4v) is 4.78. The minimum absolute atomic E-state index is 0.258. The molecule has 4 rings (SSSR count). The van der Waals surface area contributed by atoms with Gasteiger partial charge in [0.05, 0.1) is 22.3 Å². The first-order chi connectivity index (χ1) is 15.4. The molecule has 0 aliphatic heterocycles. The van der Waals surface area contributed by atoms with E-state index < -0.39 is 18.5 Å². The number of nitrogens with zero attached hydrogens (tertiary/aromatic N) is 2. The number of aromatic nitrogens is 2. The average molecular weight is 468 g/mol. The van der Waals surface area contributed by atoms with Crippen molar-refractivity contribution in [3.05, 3.63) is 57.4 Å². The lowest BCUT2D eigenvalue weighted by atomic mass is 10.1. The Balaban J connectivity index is 1.56. The number of aryl methyl sites for hydroxylation is 3. The summed E-state index contributed by atoms with van der Waals surface area (Å²) in [5, 5.41) is 7.17. The predicted molar refractivity (Wildman–Crippen MR) is 126 cm³/mol. The number of hydrogen-bond donors (Lipinski definition) is 1. The zero-order valence-corrected chi connectivity index (χ0v) is 19.6. The van der Waals surface area contributed by atoms with Crippen molar-refractivity contribution in [2.24, 2.45) is 0 Å². The molecule has 3 aromatic heterocycles. The first-order valence-corrected chi connectivity index (χ1v) is 11.9. The molecule has 0 radical (unpaired) electrons. The molecule has 0 fully saturated rings. The van der Waals surface area contributed by atoms with Crippen LogP contribution in [0.3, 0.4) is 0 Å². The summed E-state index contributed by atoms with van der Waals surface area (Å²) < 4.78 is 10.7. The Morgan fingerprint density at radius 3 is 2.72 bits per heavy atom. The van der Waals surface area contributed by atoms with Crippen LogP contribution in [-0.4, -0.2) is 34.9 Å². The van der Waals surface area contributed by atoms with Crippen LogP contribution in [0.4, 0.5) is 5.69 Å². The summed E-state index contributed by atoms with van der Waals surface area (Å²) >= 11 is 3.22. The van der Waals surface area contributed by atoms with Crippen molar-refractivity contribution in [2.45, 2.75) is 25.7 Å². The third-order valence-corrected chi connectivity index (χ3v) is 6.53. The van der Waals surface area contributed by atoms with Crippen LogP contribution in [0.1, 0.15) is 25.8 Å². The highest BCUT2D eigenvalue weighted by Gasteiger charge is 2.22. The molecule has 1 amide bonds. The summed E-state index contributed by atoms with van der Waals surface area (Å²) in [4.78, 5) is 33.0. The lowest BCUT2D eigenvalue weighted by Crippen LogP contribution is -2.21. The first-order valence-electron chi connectivity index (χ1n) is 9.81. The fourth-order valence-electron chi connectivity index (χ4n) is 3.39. The minimum Gasteiger partial charge on any atom is -0.452 e. The zero-order valence-electron chi connectivity index (χ0n) is 18.0. The molecule has 3 heterocycles. The van der Waals surface area contributed by atoms with Gasteiger partial charge < -0.3 is 14.6 Å². The molecular formula is C23H21N3O4S2. The lowest BCUT2D eigenvalue weighted by Gasteiger charge is -2.09. The molecule has 0 unspecified atom stereocenters. The zero-order chi connectivity index (χ0) is 22.8. The second-order valence-corrected chi connectivity index (χ2v) is 9.53. The van der Waals surface area contributed by atoms with Gasteiger partial charge in [-0.05, 0) is 57.4 Å². The Morgan fingerprint density at radius 2 is 2.00 bits per heavy atom. The van der Waals surface area contributed by atoms with Crippen LogP contribution in [0, 0.1) is 20.8 Å². The molecule has 0 bridgehead atoms. The second kappa shape index (κ2) is 9.13. The standard InChI is InChI=1S/C23H21N3O4S2/c1-12-8-17(14(3)32-12)19-10-18(21-13(2)26-30-22(21)25-19)23(28)29-11-20(27)24-15-6-5-7-16(9-15)31-4/h5-10H,11H2,1-4H3,(H,24,27). The van der Waals surface area contributed by atoms with E-state index in [4.69, 9.17) is 9.26 Å². The van der Waals surface area contributed by atoms with Crippen molar-refractivity contribution in [1.29, 1.82) is 0 Å². The highest BCUT2D eigenvalue weighted by Crippen LogP contribution is 2.33. The van der Waals surface area contributed by atoms with Crippen molar-refractivity contribution < 1.29 is 18.8 Å². The molecule has 9 heteroatoms. The summed E-state index contributed by atoms with van der Waals surface area (Å²) in [7, 11) is 0. The van der Waals surface area contributed by atoms with Crippen molar-refractivity contribution in [3.8, 4) is 11.3 Å². The molecule has 0 saturated carbocycles. The van der Waals surface area contributed by atoms with E-state index in [-0.39, 0.29) is 11.3 Å². The van der Waals surface area contributed by atoms with Crippen LogP contribution in [-0.2, 0) is 9.53 Å². The van der Waals surface area contributed by atoms with Gasteiger partial charge in [-0.15, -0.1) is 23.1 Å². The summed E-state index contributed by atoms with van der Waals surface area (Å²) in [6.07, 6.45) is 1.96. The lowest BCUT2D eigenvalue weighted by molar-refractivity contribution is -0.119. The van der Waals surface area contributed by atoms with E-state index in [0.29, 0.717) is 22.5 Å². The van der Waals surface area contributed by atoms with E-state index in [0.717, 1.165) is 20.2 Å². The Morgan fingerprint density at radius 1 is 1.19 bits per heavy atom. The molecule has 0 spiro atoms. The van der Waals surface area contributed by atoms with Gasteiger partial charge in [0.15, 0.2) is 6.61 Å². The first kappa shape index (κ1) is 22.0. The Hall–Kier alpha value is -3.17. The van der Waals surface area contributed by atoms with E-state index in [1.807, 2.05) is 44.4 Å². The number of rotatable bonds is 6. The normalized spacial score (nSPS) is 11.0. The van der Waals surface area contributed by atoms with E-state index in [1.165, 1.54) is 0 Å². The van der Waals surface area contributed by atoms with Crippen LogP contribution in [0.25, 0.3) is 22.4 Å². The van der Waals surface area contributed by atoms with Gasteiger partial charge in [0.25, 0.3) is 11.6 Å². The van der Waals surface area contributed by atoms with Crippen LogP contribution in [0.15, 0.2) is 45.8 Å². The SMILES string of the molecule is CSc1cccc(NC(=O)COC(=O)c2cc(-c3cc(C)sc3C)nc3onc(C)c23)c1. The number of benzene rings is 1. The maximum atomic E-state index is 12.9. The summed E-state index contributed by atoms with van der Waals surface area (Å²) in [5.74, 6) is -1.06. The monoisotopic (exact) mass is 467 g/mol. The van der Waals surface area contributed by atoms with Gasteiger partial charge in [0.2, 0.25) is 0 Å². The topological polar surface area (TPSA) is 94.3 Å². The average Bonchev–Trinajstić information content (AvgIpc) is 3.32. The maximum absolute atomic E-state index is 12.9. The van der Waals surface area contributed by atoms with E-state index in [9.17, 15) is 9.59 Å². The van der Waals surface area contributed by atoms with Crippen molar-refractivity contribution >= 4 is 51.8 Å². The summed E-state index contributed by atoms with van der Waals surface area (Å²) in [6, 6.07) is 11.1. The number of thioether (sulfide) groups is 1. The number of fused-ring (bicyclic) bond motifs is 1. The fraction of sp³-hybridized carbons (Fsp3) is 0.217. The number of carbonyl (C=O) groups is 2. The maximum Gasteiger partial charge on any atom is 0.339 e. The number of thiophene rings is 1. The third-order valence-electron chi connectivity index (χ3n) is 4.84. The van der Waals surface area contributed by atoms with Gasteiger partial charge in [-0.2, -0.15) is 0 Å². The quantitative estimate of drug-likeness (QED) is 0.300. The number of ether oxygens (including phenoxy) is 1. The van der Waals surface area contributed by atoms with E-state index in [2.05, 4.69) is 15.5 Å². The Bertz CT molecular complexity index is 1330. The molecule has 0 aliphatic carbocycles. The van der Waals surface area contributed by atoms with Gasteiger partial charge in [0, 0.05) is 25.9 Å². The molecular weight excluding hydrogens is 446 g/mol. The molecule has 4 aromatic rings. The van der Waals surface area contributed by atoms with Gasteiger partial charge in [0.1, 0.15) is 0 Å². The smallest absolute Gasteiger partial charge is 0.339 e. The molecule has 0 aliphatic rings. The van der Waals surface area contributed by atoms with Crippen LogP contribution < -0.4 is 5.32 Å². The van der Waals surface area contributed by atoms with Crippen molar-refractivity contribution in [3.63, 3.8) is 0 Å². The van der Waals surface area contributed by atoms with Crippen LogP contribution in [0.2, 0.25) is 0 Å². The molecule has 1 aromatic carbocycles. The number of pyridine rings is 1. The number of carbonyl (C=O) groups excluding carboxylic acids is 2. The summed E-state index contributed by atoms with van der Waals surface area (Å²) in [5.41, 5.74) is 3.22. The molecule has 0 saturated heterocycles. The molecule has 7 nitrogen and oxygen atoms in total. The number of nitrogens with one attached hydrogen (secondary N) is 1. The summed E-state index contributed by atoms with van der Waals surface area (Å²) in [6.45, 7) is 5.33. The van der Waals surface area contributed by atoms with Crippen LogP contribution in [0.5, 0.6) is 0 Å². The molecule has 32 heavy (non-hydrogen) atoms. The van der Waals surface area contributed by atoms with E-state index >= 15 is 0 Å². The molecule has 164 valence electrons. The Labute approximate surface area is 193 Å². The third kappa shape index (κ3) is 4.53. The van der Waals surface area contributed by atoms with E-state index in [1.54, 1.807) is 42.2 Å². The Kier molecular flexibility index (Phi) is 6.29. The van der Waals surface area contributed by atoms with Crippen molar-refractivity contribution in [2.75, 3.05) is 18.2 Å². The largest absolute Gasteiger partial charge is 0.452 e. The number of amides is 1. The highest BCUT2D eigenvalue weighted by molar-refractivity contribution is 7.98. The number of hydrogen-bond acceptors (Lipinski definition) is 8. The van der Waals surface area contributed by atoms with Crippen molar-refractivity contribution in [1.82, 2.24) is 10.1 Å². The number of esters is 1. The van der Waals surface area contributed by atoms with Crippen LogP contribution >= 0.6 is 23.1 Å². The molecule has 0 atom stereocenters. The molecule has 1 N–H and O–H groups in total. The van der Waals surface area contributed by atoms with Gasteiger partial charge in [-0.1, -0.05) is 11.2 Å². The van der Waals surface area contributed by atoms with Gasteiger partial charge >= 0.3 is 5.97 Å². The van der Waals surface area contributed by atoms with Gasteiger partial charge in [-0.3, -0.25) is 4.79 Å². The number of anilines is 1.